The van der Waals surface area contributed by atoms with Gasteiger partial charge in [0.1, 0.15) is 11.3 Å². The number of hydrogen-bond donors (Lipinski definition) is 1. The van der Waals surface area contributed by atoms with E-state index in [1.807, 2.05) is 32.0 Å². The van der Waals surface area contributed by atoms with Gasteiger partial charge in [-0.05, 0) is 37.8 Å². The van der Waals surface area contributed by atoms with E-state index in [1.165, 1.54) is 10.6 Å². The summed E-state index contributed by atoms with van der Waals surface area (Å²) in [5, 5.41) is 2.86. The molecule has 0 spiro atoms. The number of pyridine rings is 1. The normalized spacial score (nSPS) is 10.6. The SMILES string of the molecule is CCOC(=O)c1c(C(=O)Nc2c(CC)cccc2CC)c(=O)cc(C)n1C. The van der Waals surface area contributed by atoms with Crippen LogP contribution in [-0.2, 0) is 24.6 Å². The highest BCUT2D eigenvalue weighted by Crippen LogP contribution is 2.23. The number of benzene rings is 1. The maximum absolute atomic E-state index is 13.0. The van der Waals surface area contributed by atoms with Crippen LogP contribution in [0.2, 0.25) is 0 Å². The summed E-state index contributed by atoms with van der Waals surface area (Å²) in [5.41, 5.74) is 2.49. The first kappa shape index (κ1) is 20.4. The van der Waals surface area contributed by atoms with Crippen molar-refractivity contribution in [3.05, 3.63) is 62.6 Å². The van der Waals surface area contributed by atoms with E-state index in [0.29, 0.717) is 11.4 Å². The molecule has 0 atom stereocenters. The number of hydrogen-bond acceptors (Lipinski definition) is 4. The van der Waals surface area contributed by atoms with Crippen molar-refractivity contribution >= 4 is 17.6 Å². The van der Waals surface area contributed by atoms with Crippen molar-refractivity contribution in [1.29, 1.82) is 0 Å². The van der Waals surface area contributed by atoms with Crippen LogP contribution in [0.25, 0.3) is 0 Å². The number of esters is 1. The number of nitrogens with zero attached hydrogens (tertiary/aromatic N) is 1. The number of ether oxygens (including phenoxy) is 1. The van der Waals surface area contributed by atoms with Crippen LogP contribution >= 0.6 is 0 Å². The molecule has 2 aromatic rings. The quantitative estimate of drug-likeness (QED) is 0.792. The molecular weight excluding hydrogens is 344 g/mol. The van der Waals surface area contributed by atoms with Gasteiger partial charge in [0.05, 0.1) is 6.61 Å². The predicted octanol–water partition coefficient (Wildman–Crippen LogP) is 3.25. The summed E-state index contributed by atoms with van der Waals surface area (Å²) in [7, 11) is 1.63. The monoisotopic (exact) mass is 370 g/mol. The zero-order valence-electron chi connectivity index (χ0n) is 16.5. The standard InChI is InChI=1S/C21H26N2O4/c1-6-14-10-9-11-15(7-2)18(14)22-20(25)17-16(24)12-13(4)23(5)19(17)21(26)27-8-3/h9-12H,6-8H2,1-5H3,(H,22,25). The highest BCUT2D eigenvalue weighted by atomic mass is 16.5. The molecule has 1 N–H and O–H groups in total. The van der Waals surface area contributed by atoms with Gasteiger partial charge < -0.3 is 14.6 Å². The van der Waals surface area contributed by atoms with Gasteiger partial charge in [0.2, 0.25) is 0 Å². The van der Waals surface area contributed by atoms with Gasteiger partial charge in [-0.2, -0.15) is 0 Å². The van der Waals surface area contributed by atoms with Crippen LogP contribution < -0.4 is 10.7 Å². The largest absolute Gasteiger partial charge is 0.461 e. The maximum atomic E-state index is 13.0. The van der Waals surface area contributed by atoms with Crippen LogP contribution in [-0.4, -0.2) is 23.1 Å². The molecular formula is C21H26N2O4. The van der Waals surface area contributed by atoms with Crippen molar-refractivity contribution in [3.8, 4) is 0 Å². The first-order chi connectivity index (χ1) is 12.8. The molecule has 0 aliphatic heterocycles. The minimum atomic E-state index is -0.689. The van der Waals surface area contributed by atoms with Crippen LogP contribution in [0.5, 0.6) is 0 Å². The average Bonchev–Trinajstić information content (AvgIpc) is 2.64. The van der Waals surface area contributed by atoms with Crippen molar-refractivity contribution in [2.45, 2.75) is 40.5 Å². The molecule has 6 nitrogen and oxygen atoms in total. The van der Waals surface area contributed by atoms with Crippen LogP contribution in [0.3, 0.4) is 0 Å². The fourth-order valence-electron chi connectivity index (χ4n) is 3.06. The molecule has 0 unspecified atom stereocenters. The molecule has 0 saturated heterocycles. The highest BCUT2D eigenvalue weighted by molar-refractivity contribution is 6.10. The summed E-state index contributed by atoms with van der Waals surface area (Å²) >= 11 is 0. The van der Waals surface area contributed by atoms with Gasteiger partial charge in [0.25, 0.3) is 5.91 Å². The molecule has 1 aromatic heterocycles. The van der Waals surface area contributed by atoms with E-state index in [-0.39, 0.29) is 17.9 Å². The molecule has 6 heteroatoms. The van der Waals surface area contributed by atoms with Crippen LogP contribution in [0.4, 0.5) is 5.69 Å². The van der Waals surface area contributed by atoms with Crippen molar-refractivity contribution < 1.29 is 14.3 Å². The maximum Gasteiger partial charge on any atom is 0.355 e. The molecule has 0 aliphatic rings. The number of carbonyl (C=O) groups is 2. The Morgan fingerprint density at radius 3 is 2.22 bits per heavy atom. The summed E-state index contributed by atoms with van der Waals surface area (Å²) in [4.78, 5) is 38.0. The number of anilines is 1. The number of para-hydroxylation sites is 1. The molecule has 144 valence electrons. The fourth-order valence-corrected chi connectivity index (χ4v) is 3.06. The Morgan fingerprint density at radius 1 is 1.11 bits per heavy atom. The van der Waals surface area contributed by atoms with Gasteiger partial charge in [0, 0.05) is 24.5 Å². The van der Waals surface area contributed by atoms with Crippen molar-refractivity contribution in [3.63, 3.8) is 0 Å². The van der Waals surface area contributed by atoms with E-state index < -0.39 is 17.3 Å². The van der Waals surface area contributed by atoms with Crippen molar-refractivity contribution in [2.24, 2.45) is 7.05 Å². The van der Waals surface area contributed by atoms with Crippen LogP contribution in [0.15, 0.2) is 29.1 Å². The first-order valence-corrected chi connectivity index (χ1v) is 9.15. The summed E-state index contributed by atoms with van der Waals surface area (Å²) in [6.45, 7) is 7.53. The highest BCUT2D eigenvalue weighted by Gasteiger charge is 2.26. The molecule has 1 aromatic carbocycles. The minimum Gasteiger partial charge on any atom is -0.461 e. The molecule has 0 aliphatic carbocycles. The fraction of sp³-hybridized carbons (Fsp3) is 0.381. The Hall–Kier alpha value is -2.89. The minimum absolute atomic E-state index is 0.0358. The van der Waals surface area contributed by atoms with Gasteiger partial charge in [-0.25, -0.2) is 4.79 Å². The van der Waals surface area contributed by atoms with E-state index in [2.05, 4.69) is 5.32 Å². The van der Waals surface area contributed by atoms with Gasteiger partial charge in [-0.15, -0.1) is 0 Å². The Kier molecular flexibility index (Phi) is 6.55. The molecule has 0 saturated carbocycles. The zero-order valence-corrected chi connectivity index (χ0v) is 16.5. The molecule has 2 rings (SSSR count). The number of nitrogens with one attached hydrogen (secondary N) is 1. The van der Waals surface area contributed by atoms with Gasteiger partial charge in [-0.3, -0.25) is 9.59 Å². The second kappa shape index (κ2) is 8.66. The van der Waals surface area contributed by atoms with E-state index >= 15 is 0 Å². The van der Waals surface area contributed by atoms with Crippen molar-refractivity contribution in [2.75, 3.05) is 11.9 Å². The Labute approximate surface area is 159 Å². The van der Waals surface area contributed by atoms with E-state index in [1.54, 1.807) is 20.9 Å². The zero-order chi connectivity index (χ0) is 20.1. The van der Waals surface area contributed by atoms with Gasteiger partial charge in [-0.1, -0.05) is 32.0 Å². The summed E-state index contributed by atoms with van der Waals surface area (Å²) in [6, 6.07) is 7.18. The smallest absolute Gasteiger partial charge is 0.355 e. The second-order valence-electron chi connectivity index (χ2n) is 6.27. The molecule has 0 bridgehead atoms. The Bertz CT molecular complexity index is 906. The number of carbonyl (C=O) groups excluding carboxylic acids is 2. The number of aryl methyl sites for hydroxylation is 3. The van der Waals surface area contributed by atoms with Gasteiger partial charge >= 0.3 is 5.97 Å². The van der Waals surface area contributed by atoms with Crippen LogP contribution in [0.1, 0.15) is 58.4 Å². The van der Waals surface area contributed by atoms with E-state index in [9.17, 15) is 14.4 Å². The second-order valence-corrected chi connectivity index (χ2v) is 6.27. The lowest BCUT2D eigenvalue weighted by atomic mass is 10.0. The molecule has 27 heavy (non-hydrogen) atoms. The van der Waals surface area contributed by atoms with E-state index in [0.717, 1.165) is 24.0 Å². The van der Waals surface area contributed by atoms with Gasteiger partial charge in [0.15, 0.2) is 5.43 Å². The van der Waals surface area contributed by atoms with E-state index in [4.69, 9.17) is 4.74 Å². The molecule has 1 amide bonds. The predicted molar refractivity (Wildman–Crippen MR) is 106 cm³/mol. The average molecular weight is 370 g/mol. The summed E-state index contributed by atoms with van der Waals surface area (Å²) in [6.07, 6.45) is 1.47. The summed E-state index contributed by atoms with van der Waals surface area (Å²) in [5.74, 6) is -1.29. The summed E-state index contributed by atoms with van der Waals surface area (Å²) < 4.78 is 6.59. The molecule has 0 radical (unpaired) electrons. The number of amides is 1. The van der Waals surface area contributed by atoms with Crippen molar-refractivity contribution in [1.82, 2.24) is 4.57 Å². The molecule has 1 heterocycles. The lowest BCUT2D eigenvalue weighted by Gasteiger charge is -2.17. The third-order valence-corrected chi connectivity index (χ3v) is 4.62. The molecule has 0 fully saturated rings. The lowest BCUT2D eigenvalue weighted by Crippen LogP contribution is -2.31. The third-order valence-electron chi connectivity index (χ3n) is 4.62. The third kappa shape index (κ3) is 4.10. The first-order valence-electron chi connectivity index (χ1n) is 9.15. The Morgan fingerprint density at radius 2 is 1.70 bits per heavy atom. The number of rotatable bonds is 6. The Balaban J connectivity index is 2.60. The lowest BCUT2D eigenvalue weighted by molar-refractivity contribution is 0.0510. The topological polar surface area (TPSA) is 77.4 Å². The van der Waals surface area contributed by atoms with Crippen LogP contribution in [0, 0.1) is 6.92 Å². The number of aromatic nitrogens is 1.